The number of halogens is 3. The number of carbonyl (C=O) groups is 2. The van der Waals surface area contributed by atoms with Crippen LogP contribution in [0.15, 0.2) is 60.8 Å². The maximum absolute atomic E-state index is 13.7. The van der Waals surface area contributed by atoms with Crippen LogP contribution in [0.1, 0.15) is 46.6 Å². The van der Waals surface area contributed by atoms with Crippen molar-refractivity contribution in [3.05, 3.63) is 88.3 Å². The van der Waals surface area contributed by atoms with Crippen molar-refractivity contribution in [2.45, 2.75) is 32.7 Å². The molecule has 252 valence electrons. The number of pyridine rings is 2. The largest absolute Gasteiger partial charge is 0.481 e. The molecule has 0 amide bonds. The lowest BCUT2D eigenvalue weighted by atomic mass is 9.96. The minimum atomic E-state index is -2.93. The first kappa shape index (κ1) is 33.8. The Labute approximate surface area is 286 Å². The molecule has 13 heteroatoms. The Morgan fingerprint density at radius 1 is 1.04 bits per heavy atom. The fraction of sp³-hybridized carbons (Fsp3) is 0.278. The van der Waals surface area contributed by atoms with Crippen LogP contribution >= 0.6 is 11.6 Å². The van der Waals surface area contributed by atoms with Gasteiger partial charge in [0.2, 0.25) is 5.88 Å². The second kappa shape index (κ2) is 14.6. The highest BCUT2D eigenvalue weighted by Gasteiger charge is 2.26. The Kier molecular flexibility index (Phi) is 10.1. The lowest BCUT2D eigenvalue weighted by molar-refractivity contribution is -0.147. The molecule has 0 bridgehead atoms. The summed E-state index contributed by atoms with van der Waals surface area (Å²) < 4.78 is 38.0. The number of hydrogen-bond acceptors (Lipinski definition) is 10. The minimum Gasteiger partial charge on any atom is -0.481 e. The Morgan fingerprint density at radius 2 is 1.78 bits per heavy atom. The molecule has 4 heterocycles. The summed E-state index contributed by atoms with van der Waals surface area (Å²) in [6, 6.07) is 16.5. The molecule has 6 rings (SSSR count). The Bertz CT molecular complexity index is 2040. The molecule has 0 spiro atoms. The van der Waals surface area contributed by atoms with Crippen molar-refractivity contribution < 1.29 is 27.8 Å². The van der Waals surface area contributed by atoms with Crippen molar-refractivity contribution in [1.29, 1.82) is 0 Å². The summed E-state index contributed by atoms with van der Waals surface area (Å²) in [5.41, 5.74) is 5.78. The maximum Gasteiger partial charge on any atom is 0.308 e. The summed E-state index contributed by atoms with van der Waals surface area (Å²) in [6.45, 7) is 4.06. The molecule has 1 aliphatic heterocycles. The third-order valence-corrected chi connectivity index (χ3v) is 9.11. The predicted molar refractivity (Wildman–Crippen MR) is 182 cm³/mol. The molecule has 0 radical (unpaired) electrons. The van der Waals surface area contributed by atoms with E-state index in [2.05, 4.69) is 25.2 Å². The number of aldehydes is 1. The van der Waals surface area contributed by atoms with Crippen molar-refractivity contribution in [2.24, 2.45) is 5.92 Å². The first-order valence-corrected chi connectivity index (χ1v) is 16.0. The number of anilines is 2. The van der Waals surface area contributed by atoms with E-state index in [1.807, 2.05) is 49.4 Å². The fourth-order valence-corrected chi connectivity index (χ4v) is 6.41. The number of fused-ring (bicyclic) bond motifs is 1. The van der Waals surface area contributed by atoms with E-state index in [4.69, 9.17) is 26.1 Å². The number of alkyl halides is 2. The van der Waals surface area contributed by atoms with E-state index in [0.29, 0.717) is 40.7 Å². The van der Waals surface area contributed by atoms with Gasteiger partial charge in [-0.15, -0.1) is 0 Å². The van der Waals surface area contributed by atoms with Gasteiger partial charge in [-0.3, -0.25) is 14.5 Å². The number of piperidine rings is 1. The number of methoxy groups -OCH3 is 2. The van der Waals surface area contributed by atoms with E-state index in [-0.39, 0.29) is 34.3 Å². The van der Waals surface area contributed by atoms with Crippen LogP contribution in [0.4, 0.5) is 20.3 Å². The summed E-state index contributed by atoms with van der Waals surface area (Å²) in [6.07, 6.45) is 0.472. The number of nitrogens with zero attached hydrogens (tertiary/aromatic N) is 5. The van der Waals surface area contributed by atoms with Gasteiger partial charge in [-0.2, -0.15) is 0 Å². The maximum atomic E-state index is 13.7. The van der Waals surface area contributed by atoms with Gasteiger partial charge in [0.25, 0.3) is 6.43 Å². The van der Waals surface area contributed by atoms with Crippen molar-refractivity contribution >= 4 is 46.4 Å². The van der Waals surface area contributed by atoms with E-state index in [1.165, 1.54) is 19.4 Å². The lowest BCUT2D eigenvalue weighted by Gasteiger charge is -2.30. The highest BCUT2D eigenvalue weighted by Crippen LogP contribution is 2.40. The van der Waals surface area contributed by atoms with Gasteiger partial charge in [0, 0.05) is 40.7 Å². The van der Waals surface area contributed by atoms with E-state index in [0.717, 1.165) is 48.2 Å². The summed E-state index contributed by atoms with van der Waals surface area (Å²) in [5, 5.41) is 3.63. The van der Waals surface area contributed by atoms with Crippen LogP contribution in [0.25, 0.3) is 33.4 Å². The highest BCUT2D eigenvalue weighted by atomic mass is 35.5. The van der Waals surface area contributed by atoms with Gasteiger partial charge in [-0.05, 0) is 62.2 Å². The zero-order valence-corrected chi connectivity index (χ0v) is 27.8. The van der Waals surface area contributed by atoms with Crippen LogP contribution in [-0.2, 0) is 16.1 Å². The molecule has 1 saturated heterocycles. The summed E-state index contributed by atoms with van der Waals surface area (Å²) >= 11 is 7.08. The molecule has 1 N–H and O–H groups in total. The number of esters is 1. The Morgan fingerprint density at radius 3 is 2.49 bits per heavy atom. The molecular weight excluding hydrogens is 654 g/mol. The average Bonchev–Trinajstić information content (AvgIpc) is 3.12. The second-order valence-electron chi connectivity index (χ2n) is 11.7. The van der Waals surface area contributed by atoms with Crippen LogP contribution in [0.3, 0.4) is 0 Å². The first-order valence-electron chi connectivity index (χ1n) is 15.6. The summed E-state index contributed by atoms with van der Waals surface area (Å²) in [4.78, 5) is 42.5. The second-order valence-corrected chi connectivity index (χ2v) is 12.1. The van der Waals surface area contributed by atoms with Crippen molar-refractivity contribution in [2.75, 3.05) is 32.6 Å². The topological polar surface area (TPSA) is 119 Å². The van der Waals surface area contributed by atoms with E-state index in [9.17, 15) is 18.4 Å². The number of aromatic nitrogens is 4. The number of carbonyl (C=O) groups excluding carboxylic acids is 2. The van der Waals surface area contributed by atoms with Crippen molar-refractivity contribution in [3.8, 4) is 28.3 Å². The zero-order valence-electron chi connectivity index (χ0n) is 27.0. The third-order valence-electron chi connectivity index (χ3n) is 8.71. The number of ether oxygens (including phenoxy) is 2. The van der Waals surface area contributed by atoms with E-state index < -0.39 is 12.2 Å². The molecule has 0 atom stereocenters. The van der Waals surface area contributed by atoms with Gasteiger partial charge >= 0.3 is 5.97 Å². The smallest absolute Gasteiger partial charge is 0.308 e. The zero-order chi connectivity index (χ0) is 34.7. The monoisotopic (exact) mass is 686 g/mol. The first-order chi connectivity index (χ1) is 23.7. The summed E-state index contributed by atoms with van der Waals surface area (Å²) in [7, 11) is 3.01. The lowest BCUT2D eigenvalue weighted by Crippen LogP contribution is -2.36. The molecule has 1 fully saturated rings. The van der Waals surface area contributed by atoms with Crippen LogP contribution < -0.4 is 10.1 Å². The van der Waals surface area contributed by atoms with Crippen molar-refractivity contribution in [3.63, 3.8) is 0 Å². The van der Waals surface area contributed by atoms with Crippen LogP contribution in [-0.4, -0.2) is 64.4 Å². The van der Waals surface area contributed by atoms with Crippen molar-refractivity contribution in [1.82, 2.24) is 24.8 Å². The van der Waals surface area contributed by atoms with Crippen LogP contribution in [0, 0.1) is 12.8 Å². The van der Waals surface area contributed by atoms with Gasteiger partial charge in [-0.1, -0.05) is 48.0 Å². The number of rotatable bonds is 10. The Balaban J connectivity index is 1.28. The summed E-state index contributed by atoms with van der Waals surface area (Å²) in [5.74, 6) is -0.330. The normalized spacial score (nSPS) is 13.9. The highest BCUT2D eigenvalue weighted by molar-refractivity contribution is 6.36. The molecular formula is C36H33ClF2N6O4. The quantitative estimate of drug-likeness (QED) is 0.116. The number of likely N-dealkylation sites (tertiary alicyclic amines) is 1. The van der Waals surface area contributed by atoms with Gasteiger partial charge in [-0.25, -0.2) is 28.7 Å². The molecule has 3 aromatic heterocycles. The van der Waals surface area contributed by atoms with E-state index >= 15 is 0 Å². The SMILES string of the molecule is COC(=O)C1CCN(Cc2ccc(-c3cccc(-c4cccc(Nc5nc(C(F)F)nc6cc(C=O)cnc56)c4C)c3Cl)nc2OC)CC1. The van der Waals surface area contributed by atoms with Gasteiger partial charge in [0.05, 0.1) is 36.4 Å². The fourth-order valence-electron chi connectivity index (χ4n) is 6.08. The van der Waals surface area contributed by atoms with Gasteiger partial charge in [0.15, 0.2) is 17.9 Å². The van der Waals surface area contributed by atoms with Gasteiger partial charge in [0.1, 0.15) is 5.52 Å². The predicted octanol–water partition coefficient (Wildman–Crippen LogP) is 7.60. The van der Waals surface area contributed by atoms with Gasteiger partial charge < -0.3 is 14.8 Å². The van der Waals surface area contributed by atoms with Crippen LogP contribution in [0.2, 0.25) is 5.02 Å². The molecule has 0 unspecified atom stereocenters. The molecule has 5 aromatic rings. The van der Waals surface area contributed by atoms with E-state index in [1.54, 1.807) is 13.2 Å². The number of hydrogen-bond donors (Lipinski definition) is 1. The number of benzene rings is 2. The molecule has 1 aliphatic rings. The standard InChI is InChI=1S/C36H33ClF2N6O4/c1-20-24(6-5-9-27(20)41-33-31-29(16-21(19-46)17-40-31)42-34(44-33)32(38)39)25-7-4-8-26(30(25)37)28-11-10-23(35(43-28)48-2)18-45-14-12-22(13-15-45)36(47)49-3/h4-11,16-17,19,22,32H,12-15,18H2,1-3H3,(H,41,42,44). The molecule has 2 aromatic carbocycles. The van der Waals surface area contributed by atoms with Crippen LogP contribution in [0.5, 0.6) is 5.88 Å². The molecule has 10 nitrogen and oxygen atoms in total. The average molecular weight is 687 g/mol. The molecule has 0 aliphatic carbocycles. The third kappa shape index (κ3) is 7.06. The number of nitrogens with one attached hydrogen (secondary N) is 1. The Hall–Kier alpha value is -5.07. The molecule has 49 heavy (non-hydrogen) atoms. The minimum absolute atomic E-state index is 0.0709. The molecule has 0 saturated carbocycles.